The molecule has 0 unspecified atom stereocenters. The number of carboxylic acids is 4. The summed E-state index contributed by atoms with van der Waals surface area (Å²) in [5.74, 6) is -5.71. The Labute approximate surface area is 430 Å². The molecule has 0 radical (unpaired) electrons. The molecule has 0 spiro atoms. The normalized spacial score (nSPS) is 11.3. The van der Waals surface area contributed by atoms with Crippen LogP contribution in [0.25, 0.3) is 112 Å². The van der Waals surface area contributed by atoms with Gasteiger partial charge in [0.2, 0.25) is 0 Å². The number of aromatic nitrogens is 4. The molecule has 9 aromatic rings. The van der Waals surface area contributed by atoms with Gasteiger partial charge in [0.15, 0.2) is 0 Å². The van der Waals surface area contributed by atoms with Crippen molar-refractivity contribution in [1.29, 1.82) is 0 Å². The van der Waals surface area contributed by atoms with Crippen LogP contribution < -0.4 is 9.97 Å². The SMILES string of the molecule is Cc1ccc(-c2c3nc(c(-c4ccc(C)cc4)c4ccc([n-]4)c(-c4ccc(C)cc4)c4nc(c(-c5ccc(C)cc5)c5ccc2[n-]5)-c2cc(C(=O)O)c(C(=O)O)cc2-4)-c2cc(C(=O)O)c(C(=O)O)cc2-3)cc1.[Zn+2]. The second kappa shape index (κ2) is 18.3. The molecule has 0 saturated carbocycles. The van der Waals surface area contributed by atoms with Crippen LogP contribution in [0.5, 0.6) is 0 Å². The average Bonchev–Trinajstić information content (AvgIpc) is 4.18. The monoisotopic (exact) mass is 1010 g/mol. The van der Waals surface area contributed by atoms with Crippen LogP contribution >= 0.6 is 0 Å². The first kappa shape index (κ1) is 47.6. The maximum atomic E-state index is 13.0. The Balaban J connectivity index is 0.00000611. The first-order valence-electron chi connectivity index (χ1n) is 22.9. The summed E-state index contributed by atoms with van der Waals surface area (Å²) in [5.41, 5.74) is 11.6. The minimum absolute atomic E-state index is 0. The number of hydrogen-bond acceptors (Lipinski definition) is 6. The van der Waals surface area contributed by atoms with E-state index in [1.165, 1.54) is 24.3 Å². The minimum atomic E-state index is -1.43. The van der Waals surface area contributed by atoms with Gasteiger partial charge in [-0.15, -0.1) is 22.1 Å². The maximum Gasteiger partial charge on any atom is 2.00 e. The molecule has 0 aliphatic carbocycles. The van der Waals surface area contributed by atoms with Gasteiger partial charge in [-0.05, 0) is 96.5 Å². The number of rotatable bonds is 8. The van der Waals surface area contributed by atoms with Gasteiger partial charge in [0.05, 0.1) is 45.0 Å². The average molecular weight is 1010 g/mol. The van der Waals surface area contributed by atoms with Crippen molar-refractivity contribution in [2.75, 3.05) is 0 Å². The van der Waals surface area contributed by atoms with Crippen LogP contribution in [0.3, 0.4) is 0 Å². The van der Waals surface area contributed by atoms with Crippen molar-refractivity contribution in [1.82, 2.24) is 19.9 Å². The Morgan fingerprint density at radius 1 is 0.329 bits per heavy atom. The van der Waals surface area contributed by atoms with Gasteiger partial charge in [-0.2, -0.15) is 0 Å². The molecule has 2 aliphatic heterocycles. The van der Waals surface area contributed by atoms with E-state index < -0.39 is 46.1 Å². The molecule has 0 fully saturated rings. The Kier molecular flexibility index (Phi) is 11.9. The predicted octanol–water partition coefficient (Wildman–Crippen LogP) is 12.9. The summed E-state index contributed by atoms with van der Waals surface area (Å²) < 4.78 is 0. The van der Waals surface area contributed by atoms with E-state index in [9.17, 15) is 39.6 Å². The van der Waals surface area contributed by atoms with E-state index in [1.54, 1.807) is 0 Å². The molecule has 11 rings (SSSR count). The summed E-state index contributed by atoms with van der Waals surface area (Å²) in [5, 5.41) is 42.3. The predicted molar refractivity (Wildman–Crippen MR) is 276 cm³/mol. The number of nitrogens with zero attached hydrogens (tertiary/aromatic N) is 4. The van der Waals surface area contributed by atoms with Crippen LogP contribution in [-0.2, 0) is 19.5 Å². The summed E-state index contributed by atoms with van der Waals surface area (Å²) >= 11 is 0. The maximum absolute atomic E-state index is 13.0. The molecule has 0 atom stereocenters. The fourth-order valence-corrected chi connectivity index (χ4v) is 9.70. The van der Waals surface area contributed by atoms with Crippen LogP contribution in [0.15, 0.2) is 146 Å². The molecule has 13 heteroatoms. The third-order valence-corrected chi connectivity index (χ3v) is 13.3. The second-order valence-electron chi connectivity index (χ2n) is 18.1. The van der Waals surface area contributed by atoms with E-state index in [2.05, 4.69) is 0 Å². The smallest absolute Gasteiger partial charge is 0.657 e. The van der Waals surface area contributed by atoms with Crippen molar-refractivity contribution in [3.05, 3.63) is 190 Å². The molecule has 0 amide bonds. The van der Waals surface area contributed by atoms with E-state index >= 15 is 0 Å². The zero-order chi connectivity index (χ0) is 50.3. The molecule has 4 N–H and O–H groups in total. The van der Waals surface area contributed by atoms with Gasteiger partial charge in [-0.3, -0.25) is 0 Å². The van der Waals surface area contributed by atoms with E-state index in [4.69, 9.17) is 19.9 Å². The van der Waals surface area contributed by atoms with Crippen molar-refractivity contribution in [3.8, 4) is 89.5 Å². The van der Waals surface area contributed by atoms with Crippen molar-refractivity contribution < 1.29 is 59.1 Å². The van der Waals surface area contributed by atoms with Gasteiger partial charge in [0.1, 0.15) is 0 Å². The Hall–Kier alpha value is -9.06. The van der Waals surface area contributed by atoms with Crippen LogP contribution in [0.1, 0.15) is 63.7 Å². The van der Waals surface area contributed by atoms with Crippen molar-refractivity contribution >= 4 is 45.9 Å². The number of hydrogen-bond donors (Lipinski definition) is 4. The number of fused-ring (bicyclic) bond motifs is 14. The summed E-state index contributed by atoms with van der Waals surface area (Å²) in [4.78, 5) is 73.6. The number of carbonyl (C=O) groups is 4. The van der Waals surface area contributed by atoms with Crippen molar-refractivity contribution in [3.63, 3.8) is 0 Å². The third kappa shape index (κ3) is 8.19. The Bertz CT molecular complexity index is 3490. The quantitative estimate of drug-likeness (QED) is 0.105. The number of benzene rings is 6. The van der Waals surface area contributed by atoms with E-state index in [1.807, 2.05) is 149 Å². The summed E-state index contributed by atoms with van der Waals surface area (Å²) in [6.45, 7) is 7.84. The summed E-state index contributed by atoms with van der Waals surface area (Å²) in [6.07, 6.45) is 0. The van der Waals surface area contributed by atoms with Crippen LogP contribution in [-0.4, -0.2) is 54.3 Å². The molecule has 6 aromatic carbocycles. The molecular weight excluding hydrogens is 970 g/mol. The first-order valence-corrected chi connectivity index (χ1v) is 22.9. The Morgan fingerprint density at radius 3 is 0.699 bits per heavy atom. The molecule has 350 valence electrons. The molecule has 0 saturated heterocycles. The zero-order valence-electron chi connectivity index (χ0n) is 39.8. The fourth-order valence-electron chi connectivity index (χ4n) is 9.70. The summed E-state index contributed by atoms with van der Waals surface area (Å²) in [7, 11) is 0. The van der Waals surface area contributed by atoms with Crippen LogP contribution in [0.2, 0.25) is 0 Å². The minimum Gasteiger partial charge on any atom is -0.657 e. The van der Waals surface area contributed by atoms with Gasteiger partial charge >= 0.3 is 43.4 Å². The third-order valence-electron chi connectivity index (χ3n) is 13.3. The fraction of sp³-hybridized carbons (Fsp3) is 0.0667. The van der Waals surface area contributed by atoms with E-state index in [0.29, 0.717) is 112 Å². The Morgan fingerprint density at radius 2 is 0.521 bits per heavy atom. The molecule has 2 aliphatic rings. The van der Waals surface area contributed by atoms with Crippen LogP contribution in [0.4, 0.5) is 0 Å². The second-order valence-corrected chi connectivity index (χ2v) is 18.1. The zero-order valence-corrected chi connectivity index (χ0v) is 42.7. The van der Waals surface area contributed by atoms with Gasteiger partial charge in [-0.25, -0.2) is 29.1 Å². The van der Waals surface area contributed by atoms with Crippen molar-refractivity contribution in [2.24, 2.45) is 0 Å². The van der Waals surface area contributed by atoms with Gasteiger partial charge in [-0.1, -0.05) is 144 Å². The summed E-state index contributed by atoms with van der Waals surface area (Å²) in [6, 6.07) is 43.8. The largest absolute Gasteiger partial charge is 2.00 e. The van der Waals surface area contributed by atoms with Gasteiger partial charge in [0.25, 0.3) is 0 Å². The topological polar surface area (TPSA) is 203 Å². The van der Waals surface area contributed by atoms with Crippen LogP contribution in [0, 0.1) is 27.7 Å². The van der Waals surface area contributed by atoms with Gasteiger partial charge < -0.3 is 30.4 Å². The molecule has 12 nitrogen and oxygen atoms in total. The first-order chi connectivity index (χ1) is 34.6. The number of aryl methyl sites for hydroxylation is 4. The van der Waals surface area contributed by atoms with E-state index in [-0.39, 0.29) is 19.5 Å². The number of carboxylic acid groups (broad SMARTS) is 4. The van der Waals surface area contributed by atoms with Gasteiger partial charge in [0, 0.05) is 22.3 Å². The van der Waals surface area contributed by atoms with E-state index in [0.717, 1.165) is 22.3 Å². The molecular formula is C60H40N4O8Zn. The molecule has 5 heterocycles. The standard InChI is InChI=1S/C60H42N4O8.Zn/c1-29-5-13-33(14-6-29)49-45-21-22-46(61-45)50(34-15-7-30(2)8-16-34)55-39-27-43(59(69)70)44(60(71)72)28-40(39)56(64-55)52(36-19-11-32(4)12-20-36)48-24-23-47(62-48)51(35-17-9-31(3)10-18-35)54-38-26-42(58(67)68)41(57(65)66)25-37(38)53(49)63-54;/h5-28H,1-4H3,(H6,61,62,63,64,65,66,67,68,69,70,71,72);/q;+2/p-2. The molecule has 8 bridgehead atoms. The van der Waals surface area contributed by atoms with Crippen molar-refractivity contribution in [2.45, 2.75) is 27.7 Å². The number of aromatic carboxylic acids is 4. The molecule has 3 aromatic heterocycles. The molecule has 73 heavy (non-hydrogen) atoms.